The monoisotopic (exact) mass is 355 g/mol. The van der Waals surface area contributed by atoms with E-state index in [1.165, 1.54) is 5.01 Å². The zero-order valence-corrected chi connectivity index (χ0v) is 15.2. The van der Waals surface area contributed by atoms with E-state index in [1.54, 1.807) is 0 Å². The minimum absolute atomic E-state index is 0.475. The van der Waals surface area contributed by atoms with Gasteiger partial charge in [-0.3, -0.25) is 10.2 Å². The molecule has 0 aliphatic carbocycles. The van der Waals surface area contributed by atoms with Crippen LogP contribution in [-0.4, -0.2) is 34.4 Å². The van der Waals surface area contributed by atoms with E-state index in [0.717, 1.165) is 29.0 Å². The van der Waals surface area contributed by atoms with E-state index in [1.807, 2.05) is 62.4 Å². The number of amides is 2. The Hall–Kier alpha value is -2.57. The predicted molar refractivity (Wildman–Crippen MR) is 99.1 cm³/mol. The number of rotatable bonds is 6. The smallest absolute Gasteiger partial charge is 0.358 e. The van der Waals surface area contributed by atoms with Gasteiger partial charge in [-0.15, -0.1) is 0 Å². The third-order valence-electron chi connectivity index (χ3n) is 4.32. The Bertz CT molecular complexity index is 720. The largest absolute Gasteiger partial charge is 0.457 e. The second kappa shape index (κ2) is 8.21. The van der Waals surface area contributed by atoms with Gasteiger partial charge in [-0.2, -0.15) is 5.06 Å². The van der Waals surface area contributed by atoms with Gasteiger partial charge in [-0.1, -0.05) is 50.2 Å². The Balaban J connectivity index is 1.95. The lowest BCUT2D eigenvalue weighted by Gasteiger charge is -2.35. The molecule has 0 aromatic heterocycles. The van der Waals surface area contributed by atoms with E-state index in [9.17, 15) is 10.0 Å². The number of carbonyl (C=O) groups is 1. The Morgan fingerprint density at radius 1 is 1.04 bits per heavy atom. The first-order valence-electron chi connectivity index (χ1n) is 9.06. The molecule has 26 heavy (non-hydrogen) atoms. The summed E-state index contributed by atoms with van der Waals surface area (Å²) < 4.78 is 5.93. The number of carbonyl (C=O) groups excluding carboxylic acids is 1. The molecule has 6 heteroatoms. The van der Waals surface area contributed by atoms with E-state index in [4.69, 9.17) is 4.74 Å². The zero-order chi connectivity index (χ0) is 18.5. The van der Waals surface area contributed by atoms with Crippen molar-refractivity contribution in [2.75, 3.05) is 13.1 Å². The first-order valence-corrected chi connectivity index (χ1v) is 9.06. The van der Waals surface area contributed by atoms with E-state index in [-0.39, 0.29) is 0 Å². The lowest BCUT2D eigenvalue weighted by molar-refractivity contribution is -0.0863. The minimum atomic E-state index is -0.619. The topological polar surface area (TPSA) is 65.0 Å². The van der Waals surface area contributed by atoms with Crippen LogP contribution in [0.1, 0.15) is 43.9 Å². The molecule has 0 atom stereocenters. The van der Waals surface area contributed by atoms with Crippen LogP contribution >= 0.6 is 0 Å². The number of para-hydroxylation sites is 2. The second-order valence-corrected chi connectivity index (χ2v) is 6.27. The SMILES string of the molecule is CCCNN(CCC)C(=O)N(O)C1c2ccccc2Oc2ccccc21. The molecule has 138 valence electrons. The summed E-state index contributed by atoms with van der Waals surface area (Å²) >= 11 is 0. The maximum atomic E-state index is 13.0. The van der Waals surface area contributed by atoms with Crippen molar-refractivity contribution < 1.29 is 14.7 Å². The van der Waals surface area contributed by atoms with Gasteiger partial charge in [-0.05, 0) is 25.0 Å². The molecule has 1 heterocycles. The standard InChI is InChI=1S/C20H25N3O3/c1-3-13-21-22(14-4-2)20(24)23(25)19-15-9-5-7-11-17(15)26-18-12-8-6-10-16(18)19/h5-12,19,21,25H,3-4,13-14H2,1-2H3. The number of hydrogen-bond donors (Lipinski definition) is 2. The van der Waals surface area contributed by atoms with Gasteiger partial charge in [0.2, 0.25) is 0 Å². The highest BCUT2D eigenvalue weighted by Crippen LogP contribution is 2.45. The Labute approximate surface area is 153 Å². The van der Waals surface area contributed by atoms with Gasteiger partial charge in [0.05, 0.1) is 0 Å². The fraction of sp³-hybridized carbons (Fsp3) is 0.350. The first-order chi connectivity index (χ1) is 12.7. The molecule has 6 nitrogen and oxygen atoms in total. The summed E-state index contributed by atoms with van der Waals surface area (Å²) in [7, 11) is 0. The number of hydrogen-bond acceptors (Lipinski definition) is 4. The number of hydrazine groups is 1. The van der Waals surface area contributed by atoms with Crippen LogP contribution < -0.4 is 10.2 Å². The van der Waals surface area contributed by atoms with Crippen molar-refractivity contribution in [3.8, 4) is 11.5 Å². The number of ether oxygens (including phenoxy) is 1. The molecule has 0 spiro atoms. The molecule has 1 aliphatic heterocycles. The summed E-state index contributed by atoms with van der Waals surface area (Å²) in [6.45, 7) is 5.21. The highest BCUT2D eigenvalue weighted by Gasteiger charge is 2.35. The lowest BCUT2D eigenvalue weighted by atomic mass is 9.94. The number of urea groups is 1. The molecule has 0 saturated heterocycles. The maximum Gasteiger partial charge on any atom is 0.358 e. The minimum Gasteiger partial charge on any atom is -0.457 e. The van der Waals surface area contributed by atoms with Gasteiger partial charge in [-0.25, -0.2) is 10.2 Å². The molecule has 0 saturated carbocycles. The molecule has 0 radical (unpaired) electrons. The Morgan fingerprint density at radius 2 is 1.62 bits per heavy atom. The van der Waals surface area contributed by atoms with Crippen LogP contribution in [0.2, 0.25) is 0 Å². The molecular weight excluding hydrogens is 330 g/mol. The van der Waals surface area contributed by atoms with Crippen LogP contribution in [0.3, 0.4) is 0 Å². The fourth-order valence-electron chi connectivity index (χ4n) is 3.10. The summed E-state index contributed by atoms with van der Waals surface area (Å²) in [5, 5.41) is 13.2. The maximum absolute atomic E-state index is 13.0. The van der Waals surface area contributed by atoms with E-state index in [2.05, 4.69) is 5.43 Å². The number of nitrogens with zero attached hydrogens (tertiary/aromatic N) is 2. The Kier molecular flexibility index (Phi) is 5.75. The van der Waals surface area contributed by atoms with Gasteiger partial charge >= 0.3 is 6.03 Å². The van der Waals surface area contributed by atoms with Crippen molar-refractivity contribution in [2.45, 2.75) is 32.7 Å². The quantitative estimate of drug-likeness (QED) is 0.598. The summed E-state index contributed by atoms with van der Waals surface area (Å²) in [5.74, 6) is 1.29. The van der Waals surface area contributed by atoms with Crippen molar-refractivity contribution >= 4 is 6.03 Å². The van der Waals surface area contributed by atoms with Crippen molar-refractivity contribution in [1.82, 2.24) is 15.5 Å². The Morgan fingerprint density at radius 3 is 2.15 bits per heavy atom. The van der Waals surface area contributed by atoms with Crippen LogP contribution in [0, 0.1) is 0 Å². The summed E-state index contributed by atoms with van der Waals surface area (Å²) in [4.78, 5) is 13.0. The molecular formula is C20H25N3O3. The van der Waals surface area contributed by atoms with Gasteiger partial charge in [0, 0.05) is 24.2 Å². The number of hydroxylamine groups is 2. The molecule has 0 unspecified atom stereocenters. The molecule has 2 aromatic carbocycles. The van der Waals surface area contributed by atoms with Crippen LogP contribution in [0.25, 0.3) is 0 Å². The van der Waals surface area contributed by atoms with Crippen molar-refractivity contribution in [3.63, 3.8) is 0 Å². The highest BCUT2D eigenvalue weighted by molar-refractivity contribution is 5.74. The summed E-state index contributed by atoms with van der Waals surface area (Å²) in [5.41, 5.74) is 4.61. The van der Waals surface area contributed by atoms with Crippen LogP contribution in [0.4, 0.5) is 4.79 Å². The lowest BCUT2D eigenvalue weighted by Crippen LogP contribution is -2.51. The summed E-state index contributed by atoms with van der Waals surface area (Å²) in [6.07, 6.45) is 1.68. The fourth-order valence-corrected chi connectivity index (χ4v) is 3.10. The van der Waals surface area contributed by atoms with Crippen LogP contribution in [0.15, 0.2) is 48.5 Å². The van der Waals surface area contributed by atoms with Gasteiger partial charge in [0.15, 0.2) is 0 Å². The van der Waals surface area contributed by atoms with Crippen LogP contribution in [0.5, 0.6) is 11.5 Å². The van der Waals surface area contributed by atoms with Gasteiger partial charge in [0.1, 0.15) is 17.5 Å². The van der Waals surface area contributed by atoms with Crippen LogP contribution in [-0.2, 0) is 0 Å². The molecule has 2 amide bonds. The molecule has 2 aromatic rings. The van der Waals surface area contributed by atoms with E-state index >= 15 is 0 Å². The molecule has 2 N–H and O–H groups in total. The van der Waals surface area contributed by atoms with Crippen molar-refractivity contribution in [1.29, 1.82) is 0 Å². The van der Waals surface area contributed by atoms with Gasteiger partial charge < -0.3 is 4.74 Å². The van der Waals surface area contributed by atoms with E-state index < -0.39 is 12.1 Å². The molecule has 3 rings (SSSR count). The highest BCUT2D eigenvalue weighted by atomic mass is 16.5. The molecule has 0 fully saturated rings. The average Bonchev–Trinajstić information content (AvgIpc) is 2.68. The number of nitrogens with one attached hydrogen (secondary N) is 1. The number of fused-ring (bicyclic) bond motifs is 2. The third kappa shape index (κ3) is 3.52. The number of benzene rings is 2. The molecule has 0 bridgehead atoms. The zero-order valence-electron chi connectivity index (χ0n) is 15.2. The first kappa shape index (κ1) is 18.2. The normalized spacial score (nSPS) is 12.7. The summed E-state index contributed by atoms with van der Waals surface area (Å²) in [6, 6.07) is 13.8. The predicted octanol–water partition coefficient (Wildman–Crippen LogP) is 4.32. The van der Waals surface area contributed by atoms with Crippen molar-refractivity contribution in [2.24, 2.45) is 0 Å². The second-order valence-electron chi connectivity index (χ2n) is 6.27. The molecule has 1 aliphatic rings. The van der Waals surface area contributed by atoms with Gasteiger partial charge in [0.25, 0.3) is 0 Å². The third-order valence-corrected chi connectivity index (χ3v) is 4.32. The average molecular weight is 355 g/mol. The van der Waals surface area contributed by atoms with Crippen molar-refractivity contribution in [3.05, 3.63) is 59.7 Å². The van der Waals surface area contributed by atoms with E-state index in [0.29, 0.717) is 24.6 Å².